The van der Waals surface area contributed by atoms with E-state index in [9.17, 15) is 24.6 Å². The van der Waals surface area contributed by atoms with Gasteiger partial charge in [0.25, 0.3) is 5.56 Å². The first-order valence-corrected chi connectivity index (χ1v) is 9.72. The van der Waals surface area contributed by atoms with Gasteiger partial charge in [-0.05, 0) is 42.3 Å². The van der Waals surface area contributed by atoms with Crippen LogP contribution in [0.1, 0.15) is 23.6 Å². The Balaban J connectivity index is 0.00000289. The molecule has 3 aromatic rings. The molecule has 1 atom stereocenters. The number of carbonyl (C=O) groups is 2. The Bertz CT molecular complexity index is 1200. The predicted molar refractivity (Wildman–Crippen MR) is 113 cm³/mol. The van der Waals surface area contributed by atoms with E-state index in [1.54, 1.807) is 36.4 Å². The maximum atomic E-state index is 12.5. The molecule has 0 saturated carbocycles. The molecule has 9 nitrogen and oxygen atoms in total. The average Bonchev–Trinajstić information content (AvgIpc) is 2.75. The molecule has 1 aromatic heterocycles. The van der Waals surface area contributed by atoms with Gasteiger partial charge in [0.2, 0.25) is 0 Å². The Morgan fingerprint density at radius 2 is 1.71 bits per heavy atom. The van der Waals surface area contributed by atoms with E-state index in [0.29, 0.717) is 17.1 Å². The van der Waals surface area contributed by atoms with Gasteiger partial charge in [-0.25, -0.2) is 4.79 Å². The van der Waals surface area contributed by atoms with E-state index < -0.39 is 41.5 Å². The first-order chi connectivity index (χ1) is 15.2. The zero-order chi connectivity index (χ0) is 23.3. The van der Waals surface area contributed by atoms with Crippen molar-refractivity contribution in [2.45, 2.75) is 19.4 Å². The summed E-state index contributed by atoms with van der Waals surface area (Å²) < 4.78 is 6.93. The Morgan fingerprint density at radius 3 is 2.35 bits per heavy atom. The van der Waals surface area contributed by atoms with Crippen molar-refractivity contribution in [1.82, 2.24) is 9.88 Å². The van der Waals surface area contributed by atoms with Crippen molar-refractivity contribution in [2.75, 3.05) is 5.32 Å². The van der Waals surface area contributed by atoms with Crippen LogP contribution in [0.15, 0.2) is 65.6 Å². The minimum atomic E-state index is -1.39. The summed E-state index contributed by atoms with van der Waals surface area (Å²) >= 11 is 0. The average molecular weight is 481 g/mol. The molecule has 0 radical (unpaired) electrons. The van der Waals surface area contributed by atoms with Gasteiger partial charge in [-0.2, -0.15) is 0 Å². The van der Waals surface area contributed by atoms with E-state index in [-0.39, 0.29) is 64.7 Å². The summed E-state index contributed by atoms with van der Waals surface area (Å²) in [7, 11) is 1.45. The van der Waals surface area contributed by atoms with Crippen molar-refractivity contribution >= 4 is 17.7 Å². The van der Waals surface area contributed by atoms with Gasteiger partial charge in [0.15, 0.2) is 0 Å². The molecule has 0 spiro atoms. The van der Waals surface area contributed by atoms with Gasteiger partial charge < -0.3 is 34.9 Å². The third kappa shape index (κ3) is 7.90. The Kier molecular flexibility index (Phi) is 11.9. The van der Waals surface area contributed by atoms with Crippen LogP contribution in [0.5, 0.6) is 17.2 Å². The topological polar surface area (TPSA) is 136 Å². The standard InChI is InChI=1S/C23H23N3O6.2Na/c1-14-13-26(2)22(30)20(21(14)29)25-23(31)24-18(12-19(27)28)15-7-6-10-17(11-15)32-16-8-4-3-5-9-16;;/h3-11,13,18,29H,12H2,1-2H3,(H,27,28)(H2,24,25,31);;/q;2*+1/p-2/t18-;;/m0../s1. The van der Waals surface area contributed by atoms with E-state index in [1.807, 2.05) is 18.2 Å². The van der Waals surface area contributed by atoms with Gasteiger partial charge >= 0.3 is 65.1 Å². The maximum absolute atomic E-state index is 12.5. The summed E-state index contributed by atoms with van der Waals surface area (Å²) in [5.41, 5.74) is -0.374. The van der Waals surface area contributed by atoms with Crippen molar-refractivity contribution < 1.29 is 83.7 Å². The van der Waals surface area contributed by atoms with Crippen LogP contribution in [-0.2, 0) is 11.8 Å². The summed E-state index contributed by atoms with van der Waals surface area (Å²) in [6, 6.07) is 13.6. The number of urea groups is 1. The second-order valence-corrected chi connectivity index (χ2v) is 7.15. The van der Waals surface area contributed by atoms with Gasteiger partial charge in [0, 0.05) is 25.6 Å². The van der Waals surface area contributed by atoms with Crippen LogP contribution in [-0.4, -0.2) is 16.6 Å². The molecule has 2 aromatic carbocycles. The summed E-state index contributed by atoms with van der Waals surface area (Å²) in [6.07, 6.45) is 0.836. The number of hydrogen-bond donors (Lipinski definition) is 2. The summed E-state index contributed by atoms with van der Waals surface area (Å²) in [4.78, 5) is 36.0. The number of hydrogen-bond acceptors (Lipinski definition) is 6. The molecule has 34 heavy (non-hydrogen) atoms. The van der Waals surface area contributed by atoms with Crippen molar-refractivity contribution in [3.8, 4) is 17.2 Å². The molecule has 0 unspecified atom stereocenters. The number of amides is 2. The van der Waals surface area contributed by atoms with Crippen LogP contribution >= 0.6 is 0 Å². The van der Waals surface area contributed by atoms with Gasteiger partial charge in [0.05, 0.1) is 6.04 Å². The fourth-order valence-corrected chi connectivity index (χ4v) is 3.13. The molecule has 0 aliphatic carbocycles. The molecule has 2 N–H and O–H groups in total. The van der Waals surface area contributed by atoms with Crippen molar-refractivity contribution in [1.29, 1.82) is 0 Å². The predicted octanol–water partition coefficient (Wildman–Crippen LogP) is -4.43. The number of nitrogens with zero attached hydrogens (tertiary/aromatic N) is 1. The molecule has 0 fully saturated rings. The van der Waals surface area contributed by atoms with E-state index in [1.165, 1.54) is 24.7 Å². The number of aryl methyl sites for hydroxylation is 2. The molecule has 2 amide bonds. The molecule has 166 valence electrons. The number of rotatable bonds is 7. The molecule has 0 bridgehead atoms. The van der Waals surface area contributed by atoms with Gasteiger partial charge in [-0.15, -0.1) is 0 Å². The van der Waals surface area contributed by atoms with Crippen molar-refractivity contribution in [2.24, 2.45) is 7.05 Å². The molecule has 0 aliphatic rings. The summed E-state index contributed by atoms with van der Waals surface area (Å²) in [6.45, 7) is 1.52. The van der Waals surface area contributed by atoms with Crippen LogP contribution in [0.25, 0.3) is 0 Å². The summed E-state index contributed by atoms with van der Waals surface area (Å²) in [5.74, 6) is -0.975. The van der Waals surface area contributed by atoms with Crippen molar-refractivity contribution in [3.63, 3.8) is 0 Å². The zero-order valence-electron chi connectivity index (χ0n) is 19.5. The molecular weight excluding hydrogens is 460 g/mol. The smallest absolute Gasteiger partial charge is 0.871 e. The van der Waals surface area contributed by atoms with E-state index in [2.05, 4.69) is 10.6 Å². The number of aliphatic carboxylic acids is 1. The number of benzene rings is 2. The second-order valence-electron chi connectivity index (χ2n) is 7.15. The van der Waals surface area contributed by atoms with E-state index in [4.69, 9.17) is 4.74 Å². The van der Waals surface area contributed by atoms with Crippen LogP contribution in [0.4, 0.5) is 10.5 Å². The molecule has 3 rings (SSSR count). The third-order valence-electron chi connectivity index (χ3n) is 4.66. The number of para-hydroxylation sites is 1. The number of carboxylic acid groups (broad SMARTS) is 1. The second kappa shape index (κ2) is 13.6. The first-order valence-electron chi connectivity index (χ1n) is 9.72. The summed E-state index contributed by atoms with van der Waals surface area (Å²) in [5, 5.41) is 28.3. The van der Waals surface area contributed by atoms with Gasteiger partial charge in [-0.3, -0.25) is 4.79 Å². The number of aromatic nitrogens is 1. The number of anilines is 1. The third-order valence-corrected chi connectivity index (χ3v) is 4.66. The largest absolute Gasteiger partial charge is 1.00 e. The molecule has 1 heterocycles. The minimum Gasteiger partial charge on any atom is -0.871 e. The number of ether oxygens (including phenoxy) is 1. The van der Waals surface area contributed by atoms with E-state index >= 15 is 0 Å². The first kappa shape index (κ1) is 29.8. The Hall–Kier alpha value is -2.27. The number of carbonyl (C=O) groups excluding carboxylic acids is 2. The molecule has 0 aliphatic heterocycles. The number of pyridine rings is 1. The van der Waals surface area contributed by atoms with Crippen LogP contribution in [0, 0.1) is 6.92 Å². The maximum Gasteiger partial charge on any atom is 1.00 e. The molecular formula is C23H21N3Na2O6. The fourth-order valence-electron chi connectivity index (χ4n) is 3.13. The quantitative estimate of drug-likeness (QED) is 0.327. The van der Waals surface area contributed by atoms with Crippen molar-refractivity contribution in [3.05, 3.63) is 82.3 Å². The van der Waals surface area contributed by atoms with Gasteiger partial charge in [0.1, 0.15) is 17.2 Å². The fraction of sp³-hybridized carbons (Fsp3) is 0.174. The van der Waals surface area contributed by atoms with Crippen LogP contribution in [0.2, 0.25) is 0 Å². The monoisotopic (exact) mass is 481 g/mol. The van der Waals surface area contributed by atoms with Crippen LogP contribution in [0.3, 0.4) is 0 Å². The SMILES string of the molecule is Cc1cn(C)c(=O)c(NC(=O)N[C@@H](CC(=O)[O-])c2cccc(Oc3ccccc3)c2)c1[O-].[Na+].[Na+]. The number of carboxylic acids is 1. The molecule has 0 saturated heterocycles. The zero-order valence-corrected chi connectivity index (χ0v) is 23.5. The Labute approximate surface area is 240 Å². The normalized spacial score (nSPS) is 10.8. The van der Waals surface area contributed by atoms with Crippen LogP contribution < -0.4 is 90.3 Å². The minimum absolute atomic E-state index is 0. The molecule has 11 heteroatoms. The van der Waals surface area contributed by atoms with Gasteiger partial charge in [-0.1, -0.05) is 36.1 Å². The number of nitrogens with one attached hydrogen (secondary N) is 2. The van der Waals surface area contributed by atoms with E-state index in [0.717, 1.165) is 0 Å². The Morgan fingerprint density at radius 1 is 1.06 bits per heavy atom.